The van der Waals surface area contributed by atoms with Crippen LogP contribution >= 0.6 is 11.6 Å². The van der Waals surface area contributed by atoms with E-state index in [-0.39, 0.29) is 23.0 Å². The van der Waals surface area contributed by atoms with Crippen LogP contribution in [0.3, 0.4) is 0 Å². The SMILES string of the molecule is CC(Cl)C(C)Oc1cc2oc(=O)ccc2cc1O. The van der Waals surface area contributed by atoms with Crippen molar-refractivity contribution in [3.8, 4) is 11.5 Å². The normalized spacial score (nSPS) is 14.4. The molecule has 0 bridgehead atoms. The summed E-state index contributed by atoms with van der Waals surface area (Å²) in [6.45, 7) is 3.59. The molecular formula is C13H13ClO4. The monoisotopic (exact) mass is 268 g/mol. The summed E-state index contributed by atoms with van der Waals surface area (Å²) in [7, 11) is 0. The third kappa shape index (κ3) is 2.59. The van der Waals surface area contributed by atoms with Gasteiger partial charge in [-0.1, -0.05) is 0 Å². The average molecular weight is 269 g/mol. The van der Waals surface area contributed by atoms with Crippen molar-refractivity contribution in [2.75, 3.05) is 0 Å². The topological polar surface area (TPSA) is 59.7 Å². The number of ether oxygens (including phenoxy) is 1. The van der Waals surface area contributed by atoms with Gasteiger partial charge < -0.3 is 14.3 Å². The number of alkyl halides is 1. The van der Waals surface area contributed by atoms with E-state index in [1.54, 1.807) is 19.9 Å². The minimum absolute atomic E-state index is 0.0134. The van der Waals surface area contributed by atoms with E-state index in [9.17, 15) is 9.90 Å². The second-order valence-electron chi connectivity index (χ2n) is 4.11. The quantitative estimate of drug-likeness (QED) is 0.687. The van der Waals surface area contributed by atoms with Crippen LogP contribution in [0.4, 0.5) is 0 Å². The van der Waals surface area contributed by atoms with Gasteiger partial charge in [0, 0.05) is 17.5 Å². The first-order valence-corrected chi connectivity index (χ1v) is 5.98. The van der Waals surface area contributed by atoms with Gasteiger partial charge in [-0.3, -0.25) is 0 Å². The molecule has 0 fully saturated rings. The van der Waals surface area contributed by atoms with Crippen LogP contribution in [0.5, 0.6) is 11.5 Å². The molecule has 18 heavy (non-hydrogen) atoms. The Balaban J connectivity index is 2.45. The summed E-state index contributed by atoms with van der Waals surface area (Å²) in [4.78, 5) is 11.1. The summed E-state index contributed by atoms with van der Waals surface area (Å²) in [5.74, 6) is 0.234. The van der Waals surface area contributed by atoms with Crippen molar-refractivity contribution in [3.05, 3.63) is 34.7 Å². The third-order valence-corrected chi connectivity index (χ3v) is 3.02. The molecular weight excluding hydrogens is 256 g/mol. The molecule has 1 aromatic carbocycles. The summed E-state index contributed by atoms with van der Waals surface area (Å²) in [5.41, 5.74) is -0.0809. The lowest BCUT2D eigenvalue weighted by Gasteiger charge is -2.17. The fraction of sp³-hybridized carbons (Fsp3) is 0.308. The molecule has 2 unspecified atom stereocenters. The van der Waals surface area contributed by atoms with Gasteiger partial charge in [-0.2, -0.15) is 0 Å². The number of halogens is 1. The molecule has 0 saturated heterocycles. The molecule has 0 aliphatic rings. The van der Waals surface area contributed by atoms with Crippen molar-refractivity contribution >= 4 is 22.6 Å². The van der Waals surface area contributed by atoms with E-state index in [0.717, 1.165) is 0 Å². The summed E-state index contributed by atoms with van der Waals surface area (Å²) >= 11 is 5.89. The van der Waals surface area contributed by atoms with Crippen molar-refractivity contribution in [1.82, 2.24) is 0 Å². The highest BCUT2D eigenvalue weighted by atomic mass is 35.5. The molecule has 2 rings (SSSR count). The lowest BCUT2D eigenvalue weighted by Crippen LogP contribution is -2.21. The Hall–Kier alpha value is -1.68. The molecule has 0 amide bonds. The maximum Gasteiger partial charge on any atom is 0.336 e. The zero-order valence-corrected chi connectivity index (χ0v) is 10.8. The van der Waals surface area contributed by atoms with E-state index >= 15 is 0 Å². The molecule has 0 aliphatic heterocycles. The van der Waals surface area contributed by atoms with Gasteiger partial charge in [0.2, 0.25) is 0 Å². The Morgan fingerprint density at radius 1 is 1.33 bits per heavy atom. The van der Waals surface area contributed by atoms with Crippen molar-refractivity contribution in [2.45, 2.75) is 25.3 Å². The van der Waals surface area contributed by atoms with Crippen LogP contribution in [0, 0.1) is 0 Å². The number of fused-ring (bicyclic) bond motifs is 1. The largest absolute Gasteiger partial charge is 0.504 e. The van der Waals surface area contributed by atoms with E-state index in [4.69, 9.17) is 20.8 Å². The predicted octanol–water partition coefficient (Wildman–Crippen LogP) is 2.89. The molecule has 1 N–H and O–H groups in total. The van der Waals surface area contributed by atoms with Crippen molar-refractivity contribution in [3.63, 3.8) is 0 Å². The first-order chi connectivity index (χ1) is 8.47. The van der Waals surface area contributed by atoms with E-state index in [0.29, 0.717) is 11.0 Å². The average Bonchev–Trinajstić information content (AvgIpc) is 2.30. The van der Waals surface area contributed by atoms with Crippen molar-refractivity contribution in [2.24, 2.45) is 0 Å². The van der Waals surface area contributed by atoms with Gasteiger partial charge in [0.1, 0.15) is 11.7 Å². The van der Waals surface area contributed by atoms with Crippen LogP contribution in [0.1, 0.15) is 13.8 Å². The standard InChI is InChI=1S/C13H13ClO4/c1-7(14)8(2)17-12-6-11-9(5-10(12)15)3-4-13(16)18-11/h3-8,15H,1-2H3. The minimum atomic E-state index is -0.446. The van der Waals surface area contributed by atoms with Crippen LogP contribution < -0.4 is 10.4 Å². The Morgan fingerprint density at radius 3 is 2.72 bits per heavy atom. The van der Waals surface area contributed by atoms with Crippen molar-refractivity contribution in [1.29, 1.82) is 0 Å². The second kappa shape index (κ2) is 4.90. The molecule has 2 aromatic rings. The highest BCUT2D eigenvalue weighted by Gasteiger charge is 2.14. The highest BCUT2D eigenvalue weighted by molar-refractivity contribution is 6.20. The van der Waals surface area contributed by atoms with Crippen LogP contribution in [-0.4, -0.2) is 16.6 Å². The van der Waals surface area contributed by atoms with Gasteiger partial charge in [-0.05, 0) is 26.0 Å². The van der Waals surface area contributed by atoms with Crippen LogP contribution in [0.15, 0.2) is 33.5 Å². The number of phenols is 1. The van der Waals surface area contributed by atoms with E-state index in [2.05, 4.69) is 0 Å². The van der Waals surface area contributed by atoms with Gasteiger partial charge in [-0.25, -0.2) is 4.79 Å². The van der Waals surface area contributed by atoms with Gasteiger partial charge in [0.15, 0.2) is 11.5 Å². The third-order valence-electron chi connectivity index (χ3n) is 2.66. The number of rotatable bonds is 3. The first kappa shape index (κ1) is 12.8. The van der Waals surface area contributed by atoms with Gasteiger partial charge in [0.25, 0.3) is 0 Å². The number of hydrogen-bond donors (Lipinski definition) is 1. The zero-order valence-electron chi connectivity index (χ0n) is 10.0. The lowest BCUT2D eigenvalue weighted by molar-refractivity contribution is 0.212. The van der Waals surface area contributed by atoms with Gasteiger partial charge in [0.05, 0.1) is 5.38 Å². The molecule has 4 nitrogen and oxygen atoms in total. The van der Waals surface area contributed by atoms with Crippen LogP contribution in [0.25, 0.3) is 11.0 Å². The molecule has 96 valence electrons. The molecule has 0 saturated carbocycles. The minimum Gasteiger partial charge on any atom is -0.504 e. The highest BCUT2D eigenvalue weighted by Crippen LogP contribution is 2.32. The number of aromatic hydroxyl groups is 1. The molecule has 2 atom stereocenters. The summed E-state index contributed by atoms with van der Waals surface area (Å²) < 4.78 is 10.5. The van der Waals surface area contributed by atoms with E-state index in [1.807, 2.05) is 0 Å². The molecule has 1 heterocycles. The molecule has 1 aromatic heterocycles. The fourth-order valence-electron chi connectivity index (χ4n) is 1.47. The summed E-state index contributed by atoms with van der Waals surface area (Å²) in [6, 6.07) is 5.85. The Kier molecular flexibility index (Phi) is 3.48. The van der Waals surface area contributed by atoms with Crippen LogP contribution in [0.2, 0.25) is 0 Å². The Morgan fingerprint density at radius 2 is 2.06 bits per heavy atom. The summed E-state index contributed by atoms with van der Waals surface area (Å²) in [6.07, 6.45) is -0.273. The molecule has 0 spiro atoms. The molecule has 0 aliphatic carbocycles. The van der Waals surface area contributed by atoms with Crippen LogP contribution in [-0.2, 0) is 0 Å². The molecule has 0 radical (unpaired) electrons. The smallest absolute Gasteiger partial charge is 0.336 e. The lowest BCUT2D eigenvalue weighted by atomic mass is 10.2. The van der Waals surface area contributed by atoms with Crippen molar-refractivity contribution < 1.29 is 14.3 Å². The number of benzene rings is 1. The second-order valence-corrected chi connectivity index (χ2v) is 4.80. The number of phenolic OH excluding ortho intramolecular Hbond substituents is 1. The Bertz CT molecular complexity index is 618. The number of hydrogen-bond acceptors (Lipinski definition) is 4. The maximum absolute atomic E-state index is 11.1. The predicted molar refractivity (Wildman–Crippen MR) is 69.6 cm³/mol. The maximum atomic E-state index is 11.1. The zero-order chi connectivity index (χ0) is 13.3. The van der Waals surface area contributed by atoms with E-state index in [1.165, 1.54) is 18.2 Å². The van der Waals surface area contributed by atoms with Gasteiger partial charge >= 0.3 is 5.63 Å². The molecule has 5 heteroatoms. The van der Waals surface area contributed by atoms with E-state index < -0.39 is 5.63 Å². The first-order valence-electron chi connectivity index (χ1n) is 5.55. The fourth-order valence-corrected chi connectivity index (χ4v) is 1.52. The summed E-state index contributed by atoms with van der Waals surface area (Å²) in [5, 5.41) is 10.2. The Labute approximate surface area is 109 Å². The van der Waals surface area contributed by atoms with Gasteiger partial charge in [-0.15, -0.1) is 11.6 Å².